The third-order valence-corrected chi connectivity index (χ3v) is 3.53. The lowest BCUT2D eigenvalue weighted by atomic mass is 9.92. The van der Waals surface area contributed by atoms with Gasteiger partial charge in [-0.15, -0.1) is 0 Å². The molecule has 90 valence electrons. The molecule has 0 bridgehead atoms. The molecule has 1 aliphatic heterocycles. The van der Waals surface area contributed by atoms with Gasteiger partial charge in [0.25, 0.3) is 0 Å². The Morgan fingerprint density at radius 1 is 1.06 bits per heavy atom. The van der Waals surface area contributed by atoms with Crippen LogP contribution < -0.4 is 5.32 Å². The highest BCUT2D eigenvalue weighted by Crippen LogP contribution is 2.36. The van der Waals surface area contributed by atoms with Gasteiger partial charge >= 0.3 is 0 Å². The zero-order valence-corrected chi connectivity index (χ0v) is 10.3. The maximum atomic E-state index is 12.1. The van der Waals surface area contributed by atoms with E-state index in [0.717, 1.165) is 23.2 Å². The van der Waals surface area contributed by atoms with Gasteiger partial charge in [0, 0.05) is 5.69 Å². The number of carbonyl (C=O) groups is 1. The summed E-state index contributed by atoms with van der Waals surface area (Å²) in [6.07, 6.45) is 0.767. The SMILES string of the molecule is Cc1cccc2c1NC(=O)[C@H]2Cc1ccccc1. The van der Waals surface area contributed by atoms with Crippen LogP contribution in [0.3, 0.4) is 0 Å². The summed E-state index contributed by atoms with van der Waals surface area (Å²) < 4.78 is 0. The predicted octanol–water partition coefficient (Wildman–Crippen LogP) is 3.27. The van der Waals surface area contributed by atoms with Crippen molar-refractivity contribution in [2.75, 3.05) is 5.32 Å². The van der Waals surface area contributed by atoms with Gasteiger partial charge in [-0.25, -0.2) is 0 Å². The number of para-hydroxylation sites is 1. The first-order valence-corrected chi connectivity index (χ1v) is 6.20. The van der Waals surface area contributed by atoms with Gasteiger partial charge in [0.05, 0.1) is 5.92 Å². The summed E-state index contributed by atoms with van der Waals surface area (Å²) in [6, 6.07) is 16.3. The van der Waals surface area contributed by atoms with E-state index in [-0.39, 0.29) is 11.8 Å². The van der Waals surface area contributed by atoms with Crippen molar-refractivity contribution in [3.63, 3.8) is 0 Å². The summed E-state index contributed by atoms with van der Waals surface area (Å²) in [5.41, 5.74) is 4.47. The fraction of sp³-hybridized carbons (Fsp3) is 0.188. The number of hydrogen-bond donors (Lipinski definition) is 1. The Morgan fingerprint density at radius 2 is 1.83 bits per heavy atom. The predicted molar refractivity (Wildman–Crippen MR) is 72.7 cm³/mol. The van der Waals surface area contributed by atoms with Crippen LogP contribution in [0.2, 0.25) is 0 Å². The van der Waals surface area contributed by atoms with Crippen LogP contribution in [0.25, 0.3) is 0 Å². The van der Waals surface area contributed by atoms with Crippen molar-refractivity contribution in [2.45, 2.75) is 19.3 Å². The van der Waals surface area contributed by atoms with E-state index in [4.69, 9.17) is 0 Å². The van der Waals surface area contributed by atoms with E-state index >= 15 is 0 Å². The lowest BCUT2D eigenvalue weighted by Gasteiger charge is -2.09. The van der Waals surface area contributed by atoms with Crippen LogP contribution in [0.15, 0.2) is 48.5 Å². The maximum absolute atomic E-state index is 12.1. The molecule has 1 heterocycles. The van der Waals surface area contributed by atoms with Crippen LogP contribution in [0, 0.1) is 6.92 Å². The topological polar surface area (TPSA) is 29.1 Å². The lowest BCUT2D eigenvalue weighted by molar-refractivity contribution is -0.117. The highest BCUT2D eigenvalue weighted by molar-refractivity contribution is 6.03. The first kappa shape index (κ1) is 11.0. The molecule has 2 nitrogen and oxygen atoms in total. The maximum Gasteiger partial charge on any atom is 0.232 e. The third-order valence-electron chi connectivity index (χ3n) is 3.53. The first-order valence-electron chi connectivity index (χ1n) is 6.20. The van der Waals surface area contributed by atoms with Crippen LogP contribution in [-0.4, -0.2) is 5.91 Å². The largest absolute Gasteiger partial charge is 0.325 e. The first-order chi connectivity index (χ1) is 8.75. The number of amides is 1. The molecule has 1 amide bonds. The molecule has 0 radical (unpaired) electrons. The standard InChI is InChI=1S/C16H15NO/c1-11-6-5-9-13-14(16(18)17-15(11)13)10-12-7-3-2-4-8-12/h2-9,14H,10H2,1H3,(H,17,18)/t14-/m0/s1. The molecular weight excluding hydrogens is 222 g/mol. The molecule has 1 atom stereocenters. The van der Waals surface area contributed by atoms with Gasteiger partial charge in [-0.3, -0.25) is 4.79 Å². The highest BCUT2D eigenvalue weighted by atomic mass is 16.2. The van der Waals surface area contributed by atoms with Gasteiger partial charge in [0.1, 0.15) is 0 Å². The molecule has 0 spiro atoms. The molecule has 0 aliphatic carbocycles. The quantitative estimate of drug-likeness (QED) is 0.853. The Morgan fingerprint density at radius 3 is 2.61 bits per heavy atom. The van der Waals surface area contributed by atoms with Crippen molar-refractivity contribution >= 4 is 11.6 Å². The van der Waals surface area contributed by atoms with Crippen LogP contribution >= 0.6 is 0 Å². The van der Waals surface area contributed by atoms with Crippen molar-refractivity contribution < 1.29 is 4.79 Å². The summed E-state index contributed by atoms with van der Waals surface area (Å²) in [7, 11) is 0. The van der Waals surface area contributed by atoms with E-state index in [1.165, 1.54) is 5.56 Å². The highest BCUT2D eigenvalue weighted by Gasteiger charge is 2.31. The molecule has 0 unspecified atom stereocenters. The minimum atomic E-state index is -0.0534. The lowest BCUT2D eigenvalue weighted by Crippen LogP contribution is -2.14. The van der Waals surface area contributed by atoms with Gasteiger partial charge in [0.2, 0.25) is 5.91 Å². The summed E-state index contributed by atoms with van der Waals surface area (Å²) in [5.74, 6) is 0.0606. The number of hydrogen-bond acceptors (Lipinski definition) is 1. The zero-order valence-electron chi connectivity index (χ0n) is 10.3. The molecule has 0 saturated carbocycles. The number of benzene rings is 2. The van der Waals surface area contributed by atoms with Crippen molar-refractivity contribution in [3.8, 4) is 0 Å². The summed E-state index contributed by atoms with van der Waals surface area (Å²) >= 11 is 0. The number of aryl methyl sites for hydroxylation is 1. The Balaban J connectivity index is 1.95. The van der Waals surface area contributed by atoms with E-state index in [2.05, 4.69) is 17.4 Å². The fourth-order valence-electron chi connectivity index (χ4n) is 2.56. The molecular formula is C16H15NO. The van der Waals surface area contributed by atoms with Gasteiger partial charge in [-0.2, -0.15) is 0 Å². The molecule has 2 aromatic rings. The monoisotopic (exact) mass is 237 g/mol. The van der Waals surface area contributed by atoms with Gasteiger partial charge in [0.15, 0.2) is 0 Å². The molecule has 0 aromatic heterocycles. The molecule has 1 N–H and O–H groups in total. The normalized spacial score (nSPS) is 17.4. The number of anilines is 1. The Kier molecular flexibility index (Phi) is 2.63. The molecule has 1 aliphatic rings. The Bertz CT molecular complexity index is 589. The molecule has 0 fully saturated rings. The molecule has 0 saturated heterocycles. The molecule has 3 rings (SSSR count). The number of fused-ring (bicyclic) bond motifs is 1. The van der Waals surface area contributed by atoms with Crippen molar-refractivity contribution in [1.29, 1.82) is 0 Å². The second kappa shape index (κ2) is 4.30. The molecule has 2 heteroatoms. The van der Waals surface area contributed by atoms with E-state index in [1.807, 2.05) is 43.3 Å². The third kappa shape index (κ3) is 1.80. The minimum absolute atomic E-state index is 0.0534. The summed E-state index contributed by atoms with van der Waals surface area (Å²) in [5, 5.41) is 3.00. The van der Waals surface area contributed by atoms with Gasteiger partial charge < -0.3 is 5.32 Å². The Labute approximate surface area is 107 Å². The summed E-state index contributed by atoms with van der Waals surface area (Å²) in [4.78, 5) is 12.1. The smallest absolute Gasteiger partial charge is 0.232 e. The summed E-state index contributed by atoms with van der Waals surface area (Å²) in [6.45, 7) is 2.03. The minimum Gasteiger partial charge on any atom is -0.325 e. The van der Waals surface area contributed by atoms with Crippen LogP contribution in [0.5, 0.6) is 0 Å². The average Bonchev–Trinajstić information content (AvgIpc) is 2.70. The van der Waals surface area contributed by atoms with Crippen LogP contribution in [0.4, 0.5) is 5.69 Å². The van der Waals surface area contributed by atoms with Crippen LogP contribution in [-0.2, 0) is 11.2 Å². The molecule has 18 heavy (non-hydrogen) atoms. The van der Waals surface area contributed by atoms with E-state index in [1.54, 1.807) is 0 Å². The van der Waals surface area contributed by atoms with E-state index < -0.39 is 0 Å². The van der Waals surface area contributed by atoms with Crippen molar-refractivity contribution in [2.24, 2.45) is 0 Å². The second-order valence-corrected chi connectivity index (χ2v) is 4.77. The fourth-order valence-corrected chi connectivity index (χ4v) is 2.56. The number of rotatable bonds is 2. The Hall–Kier alpha value is -2.09. The second-order valence-electron chi connectivity index (χ2n) is 4.77. The van der Waals surface area contributed by atoms with Crippen LogP contribution in [0.1, 0.15) is 22.6 Å². The van der Waals surface area contributed by atoms with Crippen molar-refractivity contribution in [1.82, 2.24) is 0 Å². The molecule has 2 aromatic carbocycles. The van der Waals surface area contributed by atoms with Gasteiger partial charge in [-0.05, 0) is 30.0 Å². The van der Waals surface area contributed by atoms with E-state index in [0.29, 0.717) is 0 Å². The van der Waals surface area contributed by atoms with E-state index in [9.17, 15) is 4.79 Å². The zero-order chi connectivity index (χ0) is 12.5. The average molecular weight is 237 g/mol. The van der Waals surface area contributed by atoms with Crippen molar-refractivity contribution in [3.05, 3.63) is 65.2 Å². The number of carbonyl (C=O) groups excluding carboxylic acids is 1. The number of nitrogens with one attached hydrogen (secondary N) is 1. The van der Waals surface area contributed by atoms with Gasteiger partial charge in [-0.1, -0.05) is 48.5 Å².